The number of thioether (sulfide) groups is 1. The molecule has 0 saturated heterocycles. The second kappa shape index (κ2) is 5.99. The minimum atomic E-state index is -0.341. The van der Waals surface area contributed by atoms with Crippen molar-refractivity contribution in [1.82, 2.24) is 15.5 Å². The first-order valence-corrected chi connectivity index (χ1v) is 7.72. The van der Waals surface area contributed by atoms with Crippen LogP contribution in [0.3, 0.4) is 0 Å². The van der Waals surface area contributed by atoms with Crippen LogP contribution >= 0.6 is 23.4 Å². The van der Waals surface area contributed by atoms with Gasteiger partial charge in [0.25, 0.3) is 5.91 Å². The number of nitrogens with zero attached hydrogens (tertiary/aromatic N) is 2. The number of rotatable bonds is 2. The summed E-state index contributed by atoms with van der Waals surface area (Å²) in [6.07, 6.45) is 0.744. The molecule has 1 unspecified atom stereocenters. The van der Waals surface area contributed by atoms with E-state index >= 15 is 0 Å². The van der Waals surface area contributed by atoms with Gasteiger partial charge in [0, 0.05) is 10.6 Å². The van der Waals surface area contributed by atoms with E-state index in [1.165, 1.54) is 24.3 Å². The fourth-order valence-electron chi connectivity index (χ4n) is 2.18. The van der Waals surface area contributed by atoms with Crippen LogP contribution in [-0.4, -0.2) is 21.9 Å². The van der Waals surface area contributed by atoms with Crippen molar-refractivity contribution in [1.29, 1.82) is 0 Å². The van der Waals surface area contributed by atoms with E-state index in [0.717, 1.165) is 22.6 Å². The number of fused-ring (bicyclic) bond motifs is 1. The van der Waals surface area contributed by atoms with Gasteiger partial charge in [-0.15, -0.1) is 22.0 Å². The molecule has 1 aromatic carbocycles. The average Bonchev–Trinajstić information content (AvgIpc) is 2.48. The maximum absolute atomic E-state index is 13.4. The van der Waals surface area contributed by atoms with Crippen LogP contribution in [0.2, 0.25) is 5.15 Å². The number of amides is 1. The van der Waals surface area contributed by atoms with Gasteiger partial charge in [0.1, 0.15) is 5.82 Å². The molecule has 0 bridgehead atoms. The van der Waals surface area contributed by atoms with Crippen LogP contribution in [0.5, 0.6) is 0 Å². The van der Waals surface area contributed by atoms with Gasteiger partial charge >= 0.3 is 0 Å². The molecule has 108 valence electrons. The topological polar surface area (TPSA) is 54.9 Å². The molecular weight excluding hydrogens is 313 g/mol. The van der Waals surface area contributed by atoms with Gasteiger partial charge in [0.2, 0.25) is 0 Å². The molecular formula is C14H11ClFN3OS. The number of carbonyl (C=O) groups excluding carboxylic acids is 1. The molecule has 0 aliphatic carbocycles. The number of hydrogen-bond acceptors (Lipinski definition) is 4. The lowest BCUT2D eigenvalue weighted by Gasteiger charge is -2.25. The van der Waals surface area contributed by atoms with Crippen LogP contribution in [0, 0.1) is 5.82 Å². The Morgan fingerprint density at radius 2 is 2.19 bits per heavy atom. The highest BCUT2D eigenvalue weighted by atomic mass is 35.5. The lowest BCUT2D eigenvalue weighted by molar-refractivity contribution is 0.0928. The first kappa shape index (κ1) is 14.3. The fourth-order valence-corrected chi connectivity index (χ4v) is 3.39. The summed E-state index contributed by atoms with van der Waals surface area (Å²) < 4.78 is 13.4. The predicted molar refractivity (Wildman–Crippen MR) is 79.0 cm³/mol. The Bertz CT molecular complexity index is 680. The molecule has 1 amide bonds. The summed E-state index contributed by atoms with van der Waals surface area (Å²) >= 11 is 7.31. The van der Waals surface area contributed by atoms with Crippen molar-refractivity contribution in [3.05, 3.63) is 52.6 Å². The van der Waals surface area contributed by atoms with Crippen molar-refractivity contribution in [3.8, 4) is 0 Å². The molecule has 1 aliphatic rings. The molecule has 3 rings (SSSR count). The van der Waals surface area contributed by atoms with Gasteiger partial charge in [-0.3, -0.25) is 4.79 Å². The smallest absolute Gasteiger partial charge is 0.272 e. The molecule has 1 aromatic heterocycles. The molecule has 7 heteroatoms. The van der Waals surface area contributed by atoms with Crippen LogP contribution in [-0.2, 0) is 0 Å². The number of nitrogens with one attached hydrogen (secondary N) is 1. The lowest BCUT2D eigenvalue weighted by atomic mass is 10.0. The molecule has 0 spiro atoms. The Hall–Kier alpha value is -1.66. The van der Waals surface area contributed by atoms with Crippen molar-refractivity contribution in [3.63, 3.8) is 0 Å². The molecule has 1 N–H and O–H groups in total. The van der Waals surface area contributed by atoms with Crippen LogP contribution in [0.25, 0.3) is 0 Å². The maximum atomic E-state index is 13.4. The van der Waals surface area contributed by atoms with Crippen LogP contribution in [0.1, 0.15) is 28.5 Å². The molecule has 1 aliphatic heterocycles. The maximum Gasteiger partial charge on any atom is 0.272 e. The van der Waals surface area contributed by atoms with Gasteiger partial charge in [0.05, 0.1) is 6.04 Å². The standard InChI is InChI=1S/C14H11ClFN3OS/c15-13-4-2-11(18-19-13)14(20)17-10-5-6-21-12-3-1-8(16)7-9(10)12/h1-4,7,10H,5-6H2,(H,17,20). The van der Waals surface area contributed by atoms with Crippen LogP contribution < -0.4 is 5.32 Å². The Kier molecular flexibility index (Phi) is 4.07. The van der Waals surface area contributed by atoms with E-state index < -0.39 is 0 Å². The third-order valence-corrected chi connectivity index (χ3v) is 4.51. The van der Waals surface area contributed by atoms with Crippen molar-refractivity contribution < 1.29 is 9.18 Å². The minimum Gasteiger partial charge on any atom is -0.344 e. The number of benzene rings is 1. The largest absolute Gasteiger partial charge is 0.344 e. The Balaban J connectivity index is 1.81. The first-order chi connectivity index (χ1) is 10.1. The molecule has 2 aromatic rings. The van der Waals surface area contributed by atoms with Crippen LogP contribution in [0.15, 0.2) is 35.2 Å². The van der Waals surface area contributed by atoms with E-state index in [1.807, 2.05) is 0 Å². The molecule has 0 fully saturated rings. The van der Waals surface area contributed by atoms with Crippen molar-refractivity contribution in [2.45, 2.75) is 17.4 Å². The quantitative estimate of drug-likeness (QED) is 0.922. The molecule has 2 heterocycles. The summed E-state index contributed by atoms with van der Waals surface area (Å²) in [5, 5.41) is 10.5. The summed E-state index contributed by atoms with van der Waals surface area (Å²) in [4.78, 5) is 13.2. The van der Waals surface area contributed by atoms with E-state index in [2.05, 4.69) is 15.5 Å². The highest BCUT2D eigenvalue weighted by Crippen LogP contribution is 2.36. The molecule has 1 atom stereocenters. The summed E-state index contributed by atoms with van der Waals surface area (Å²) in [6.45, 7) is 0. The zero-order valence-electron chi connectivity index (χ0n) is 10.8. The summed E-state index contributed by atoms with van der Waals surface area (Å²) in [6, 6.07) is 7.45. The third-order valence-electron chi connectivity index (χ3n) is 3.18. The van der Waals surface area contributed by atoms with E-state index in [1.54, 1.807) is 17.8 Å². The third kappa shape index (κ3) is 3.16. The lowest BCUT2D eigenvalue weighted by Crippen LogP contribution is -2.31. The fraction of sp³-hybridized carbons (Fsp3) is 0.214. The number of aromatic nitrogens is 2. The van der Waals surface area contributed by atoms with Gasteiger partial charge in [-0.25, -0.2) is 4.39 Å². The van der Waals surface area contributed by atoms with Gasteiger partial charge in [-0.2, -0.15) is 0 Å². The van der Waals surface area contributed by atoms with Crippen molar-refractivity contribution >= 4 is 29.3 Å². The molecule has 4 nitrogen and oxygen atoms in total. The molecule has 0 saturated carbocycles. The Morgan fingerprint density at radius 1 is 1.33 bits per heavy atom. The van der Waals surface area contributed by atoms with E-state index in [0.29, 0.717) is 0 Å². The SMILES string of the molecule is O=C(NC1CCSc2ccc(F)cc21)c1ccc(Cl)nn1. The summed E-state index contributed by atoms with van der Waals surface area (Å²) in [5.41, 5.74) is 0.997. The van der Waals surface area contributed by atoms with E-state index in [4.69, 9.17) is 11.6 Å². The molecule has 0 radical (unpaired) electrons. The average molecular weight is 324 g/mol. The van der Waals surface area contributed by atoms with Gasteiger partial charge in [-0.1, -0.05) is 11.6 Å². The highest BCUT2D eigenvalue weighted by Gasteiger charge is 2.23. The minimum absolute atomic E-state index is 0.190. The van der Waals surface area contributed by atoms with Gasteiger partial charge < -0.3 is 5.32 Å². The predicted octanol–water partition coefficient (Wildman–Crippen LogP) is 3.24. The van der Waals surface area contributed by atoms with Gasteiger partial charge in [0.15, 0.2) is 10.8 Å². The second-order valence-electron chi connectivity index (χ2n) is 4.59. The highest BCUT2D eigenvalue weighted by molar-refractivity contribution is 7.99. The van der Waals surface area contributed by atoms with Crippen LogP contribution in [0.4, 0.5) is 4.39 Å². The van der Waals surface area contributed by atoms with Crippen molar-refractivity contribution in [2.75, 3.05) is 5.75 Å². The first-order valence-electron chi connectivity index (χ1n) is 6.36. The van der Waals surface area contributed by atoms with E-state index in [-0.39, 0.29) is 28.6 Å². The molecule has 21 heavy (non-hydrogen) atoms. The van der Waals surface area contributed by atoms with Crippen molar-refractivity contribution in [2.24, 2.45) is 0 Å². The Labute approximate surface area is 130 Å². The van der Waals surface area contributed by atoms with Gasteiger partial charge in [-0.05, 0) is 42.3 Å². The summed E-state index contributed by atoms with van der Waals surface area (Å²) in [7, 11) is 0. The normalized spacial score (nSPS) is 17.1. The number of carbonyl (C=O) groups is 1. The zero-order valence-corrected chi connectivity index (χ0v) is 12.4. The zero-order chi connectivity index (χ0) is 14.8. The number of hydrogen-bond donors (Lipinski definition) is 1. The Morgan fingerprint density at radius 3 is 2.95 bits per heavy atom. The van der Waals surface area contributed by atoms with E-state index in [9.17, 15) is 9.18 Å². The second-order valence-corrected chi connectivity index (χ2v) is 6.11. The monoisotopic (exact) mass is 323 g/mol. The number of halogens is 2. The summed E-state index contributed by atoms with van der Waals surface area (Å²) in [5.74, 6) is 0.226.